The topological polar surface area (TPSA) is 18.5 Å². The number of allylic oxidation sites excluding steroid dienone is 4. The second-order valence-corrected chi connectivity index (χ2v) is 2.97. The maximum atomic E-state index is 12.5. The van der Waals surface area contributed by atoms with Crippen LogP contribution >= 0.6 is 0 Å². The molecule has 4 heteroatoms. The van der Waals surface area contributed by atoms with E-state index < -0.39 is 6.29 Å². The maximum Gasteiger partial charge on any atom is 0.586 e. The first-order valence-electron chi connectivity index (χ1n) is 3.93. The van der Waals surface area contributed by atoms with E-state index in [1.807, 2.05) is 6.92 Å². The van der Waals surface area contributed by atoms with E-state index in [0.717, 1.165) is 0 Å². The average molecular weight is 186 g/mol. The highest BCUT2D eigenvalue weighted by Crippen LogP contribution is 2.35. The van der Waals surface area contributed by atoms with Crippen molar-refractivity contribution in [1.29, 1.82) is 0 Å². The fraction of sp³-hybridized carbons (Fsp3) is 0.333. The molecule has 0 N–H and O–H groups in total. The van der Waals surface area contributed by atoms with Gasteiger partial charge in [-0.25, -0.2) is 0 Å². The summed E-state index contributed by atoms with van der Waals surface area (Å²) in [4.78, 5) is 0. The van der Waals surface area contributed by atoms with Crippen LogP contribution in [0, 0.1) is 5.92 Å². The molecule has 0 aromatic heterocycles. The van der Waals surface area contributed by atoms with Crippen LogP contribution in [0.4, 0.5) is 8.78 Å². The Morgan fingerprint density at radius 3 is 2.08 bits per heavy atom. The van der Waals surface area contributed by atoms with E-state index in [9.17, 15) is 8.78 Å². The summed E-state index contributed by atoms with van der Waals surface area (Å²) >= 11 is 0. The van der Waals surface area contributed by atoms with Gasteiger partial charge in [-0.3, -0.25) is 0 Å². The van der Waals surface area contributed by atoms with Gasteiger partial charge in [0.1, 0.15) is 0 Å². The summed E-state index contributed by atoms with van der Waals surface area (Å²) in [6, 6.07) is 0. The van der Waals surface area contributed by atoms with Gasteiger partial charge >= 0.3 is 6.29 Å². The molecule has 2 nitrogen and oxygen atoms in total. The molecule has 0 unspecified atom stereocenters. The minimum atomic E-state index is -3.51. The van der Waals surface area contributed by atoms with Crippen LogP contribution in [0.25, 0.3) is 0 Å². The van der Waals surface area contributed by atoms with Crippen LogP contribution < -0.4 is 0 Å². The van der Waals surface area contributed by atoms with Crippen LogP contribution in [0.1, 0.15) is 6.92 Å². The largest absolute Gasteiger partial charge is 0.586 e. The smallest absolute Gasteiger partial charge is 0.395 e. The van der Waals surface area contributed by atoms with Crippen LogP contribution in [0.5, 0.6) is 0 Å². The summed E-state index contributed by atoms with van der Waals surface area (Å²) < 4.78 is 33.6. The number of halogens is 2. The average Bonchev–Trinajstić information content (AvgIpc) is 2.23. The summed E-state index contributed by atoms with van der Waals surface area (Å²) in [5.74, 6) is 0.377. The molecule has 0 spiro atoms. The molecular weight excluding hydrogens is 178 g/mol. The Labute approximate surface area is 74.1 Å². The van der Waals surface area contributed by atoms with Gasteiger partial charge < -0.3 is 9.47 Å². The Kier molecular flexibility index (Phi) is 1.65. The minimum absolute atomic E-state index is 0.0885. The maximum absolute atomic E-state index is 12.5. The molecule has 0 fully saturated rings. The van der Waals surface area contributed by atoms with Gasteiger partial charge in [-0.2, -0.15) is 0 Å². The van der Waals surface area contributed by atoms with Crippen molar-refractivity contribution in [3.63, 3.8) is 0 Å². The minimum Gasteiger partial charge on any atom is -0.395 e. The first kappa shape index (κ1) is 8.29. The molecule has 1 aliphatic carbocycles. The summed E-state index contributed by atoms with van der Waals surface area (Å²) in [7, 11) is 0. The zero-order chi connectivity index (χ0) is 9.47. The normalized spacial score (nSPS) is 25.2. The summed E-state index contributed by atoms with van der Waals surface area (Å²) in [5.41, 5.74) is 0. The molecule has 0 amide bonds. The quantitative estimate of drug-likeness (QED) is 0.578. The Balaban J connectivity index is 2.27. The molecule has 2 rings (SSSR count). The van der Waals surface area contributed by atoms with Gasteiger partial charge in [-0.15, -0.1) is 8.78 Å². The lowest BCUT2D eigenvalue weighted by molar-refractivity contribution is -0.335. The van der Waals surface area contributed by atoms with Crippen LogP contribution in [-0.4, -0.2) is 6.29 Å². The lowest BCUT2D eigenvalue weighted by atomic mass is 10.2. The molecular formula is C9H8F2O2. The molecule has 2 aliphatic rings. The van der Waals surface area contributed by atoms with Crippen molar-refractivity contribution in [3.05, 3.63) is 35.8 Å². The number of ether oxygens (including phenoxy) is 2. The van der Waals surface area contributed by atoms with Crippen molar-refractivity contribution in [2.75, 3.05) is 0 Å². The second kappa shape index (κ2) is 2.58. The molecule has 1 aliphatic heterocycles. The van der Waals surface area contributed by atoms with Crippen LogP contribution in [0.2, 0.25) is 0 Å². The number of alkyl halides is 2. The van der Waals surface area contributed by atoms with Crippen molar-refractivity contribution in [1.82, 2.24) is 0 Å². The fourth-order valence-corrected chi connectivity index (χ4v) is 1.15. The Hall–Kier alpha value is -1.32. The molecule has 0 bridgehead atoms. The van der Waals surface area contributed by atoms with Crippen LogP contribution in [0.15, 0.2) is 35.8 Å². The van der Waals surface area contributed by atoms with Crippen molar-refractivity contribution < 1.29 is 18.3 Å². The third-order valence-corrected chi connectivity index (χ3v) is 1.80. The van der Waals surface area contributed by atoms with Crippen LogP contribution in [-0.2, 0) is 9.47 Å². The van der Waals surface area contributed by atoms with Crippen molar-refractivity contribution in [2.24, 2.45) is 5.92 Å². The second-order valence-electron chi connectivity index (χ2n) is 2.97. The van der Waals surface area contributed by atoms with Crippen LogP contribution in [0.3, 0.4) is 0 Å². The SMILES string of the molecule is CC1C=CC2=C(C=C1)OC(F)(F)O2. The van der Waals surface area contributed by atoms with E-state index in [0.29, 0.717) is 0 Å². The molecule has 0 saturated heterocycles. The zero-order valence-corrected chi connectivity index (χ0v) is 6.96. The Morgan fingerprint density at radius 2 is 1.62 bits per heavy atom. The van der Waals surface area contributed by atoms with Gasteiger partial charge in [0.2, 0.25) is 0 Å². The first-order valence-corrected chi connectivity index (χ1v) is 3.93. The van der Waals surface area contributed by atoms with Gasteiger partial charge in [0, 0.05) is 0 Å². The summed E-state index contributed by atoms with van der Waals surface area (Å²) in [5, 5.41) is 0. The lowest BCUT2D eigenvalue weighted by Gasteiger charge is -2.07. The molecule has 1 heterocycles. The molecule has 0 radical (unpaired) electrons. The summed E-state index contributed by atoms with van der Waals surface area (Å²) in [6.45, 7) is 1.94. The number of rotatable bonds is 0. The molecule has 70 valence electrons. The van der Waals surface area contributed by atoms with E-state index in [1.54, 1.807) is 12.2 Å². The van der Waals surface area contributed by atoms with Gasteiger partial charge in [-0.1, -0.05) is 19.1 Å². The van der Waals surface area contributed by atoms with Gasteiger partial charge in [0.15, 0.2) is 11.5 Å². The van der Waals surface area contributed by atoms with E-state index in [-0.39, 0.29) is 17.4 Å². The fourth-order valence-electron chi connectivity index (χ4n) is 1.15. The zero-order valence-electron chi connectivity index (χ0n) is 6.96. The summed E-state index contributed by atoms with van der Waals surface area (Å²) in [6.07, 6.45) is 3.02. The van der Waals surface area contributed by atoms with E-state index >= 15 is 0 Å². The third-order valence-electron chi connectivity index (χ3n) is 1.80. The Morgan fingerprint density at radius 1 is 1.15 bits per heavy atom. The van der Waals surface area contributed by atoms with E-state index in [2.05, 4.69) is 9.47 Å². The third kappa shape index (κ3) is 1.56. The van der Waals surface area contributed by atoms with Gasteiger partial charge in [-0.05, 0) is 18.1 Å². The lowest BCUT2D eigenvalue weighted by Crippen LogP contribution is -2.16. The van der Waals surface area contributed by atoms with Crippen molar-refractivity contribution in [3.8, 4) is 0 Å². The molecule has 13 heavy (non-hydrogen) atoms. The standard InChI is InChI=1S/C9H8F2O2/c1-6-2-4-7-8(5-3-6)13-9(10,11)12-7/h2-6H,1H3. The van der Waals surface area contributed by atoms with Gasteiger partial charge in [0.05, 0.1) is 0 Å². The predicted octanol–water partition coefficient (Wildman–Crippen LogP) is 2.56. The van der Waals surface area contributed by atoms with E-state index in [4.69, 9.17) is 0 Å². The van der Waals surface area contributed by atoms with Gasteiger partial charge in [0.25, 0.3) is 0 Å². The number of hydrogen-bond acceptors (Lipinski definition) is 2. The predicted molar refractivity (Wildman–Crippen MR) is 41.6 cm³/mol. The highest BCUT2D eigenvalue weighted by atomic mass is 19.3. The van der Waals surface area contributed by atoms with Crippen molar-refractivity contribution >= 4 is 0 Å². The molecule has 0 saturated carbocycles. The highest BCUT2D eigenvalue weighted by molar-refractivity contribution is 5.31. The molecule has 0 aromatic rings. The Bertz CT molecular complexity index is 288. The van der Waals surface area contributed by atoms with Crippen molar-refractivity contribution in [2.45, 2.75) is 13.2 Å². The monoisotopic (exact) mass is 186 g/mol. The number of hydrogen-bond donors (Lipinski definition) is 0. The van der Waals surface area contributed by atoms with E-state index in [1.165, 1.54) is 12.2 Å². The first-order chi connectivity index (χ1) is 6.07. The molecule has 0 atom stereocenters. The highest BCUT2D eigenvalue weighted by Gasteiger charge is 2.43. The molecule has 0 aromatic carbocycles.